The summed E-state index contributed by atoms with van der Waals surface area (Å²) in [7, 11) is -3.65. The van der Waals surface area contributed by atoms with E-state index in [1.807, 2.05) is 0 Å². The molecule has 2 aromatic rings. The van der Waals surface area contributed by atoms with Gasteiger partial charge in [-0.05, 0) is 42.8 Å². The number of hydrogen-bond donors (Lipinski definition) is 2. The molecule has 0 amide bonds. The minimum absolute atomic E-state index is 0.173. The third-order valence-electron chi connectivity index (χ3n) is 2.77. The Kier molecular flexibility index (Phi) is 4.32. The third kappa shape index (κ3) is 3.50. The van der Waals surface area contributed by atoms with Crippen LogP contribution in [0.3, 0.4) is 0 Å². The van der Waals surface area contributed by atoms with Gasteiger partial charge in [0.05, 0.1) is 10.6 Å². The molecule has 0 spiro atoms. The van der Waals surface area contributed by atoms with E-state index in [4.69, 9.17) is 17.3 Å². The Morgan fingerprint density at radius 3 is 2.50 bits per heavy atom. The molecule has 0 fully saturated rings. The molecule has 2 aromatic carbocycles. The van der Waals surface area contributed by atoms with E-state index < -0.39 is 10.0 Å². The van der Waals surface area contributed by atoms with Gasteiger partial charge in [-0.15, -0.1) is 0 Å². The van der Waals surface area contributed by atoms with Crippen LogP contribution in [-0.4, -0.2) is 8.42 Å². The molecule has 4 nitrogen and oxygen atoms in total. The van der Waals surface area contributed by atoms with Crippen LogP contribution in [0.15, 0.2) is 53.4 Å². The van der Waals surface area contributed by atoms with E-state index in [2.05, 4.69) is 4.72 Å². The maximum absolute atomic E-state index is 12.3. The average molecular weight is 311 g/mol. The highest BCUT2D eigenvalue weighted by Crippen LogP contribution is 2.21. The summed E-state index contributed by atoms with van der Waals surface area (Å²) in [4.78, 5) is 0.173. The summed E-state index contributed by atoms with van der Waals surface area (Å²) >= 11 is 5.84. The molecule has 3 N–H and O–H groups in total. The molecule has 106 valence electrons. The molecule has 0 heterocycles. The van der Waals surface area contributed by atoms with Gasteiger partial charge < -0.3 is 5.73 Å². The first-order chi connectivity index (χ1) is 9.38. The second-order valence-electron chi connectivity index (χ2n) is 4.48. The van der Waals surface area contributed by atoms with E-state index in [0.717, 1.165) is 5.56 Å². The second-order valence-corrected chi connectivity index (χ2v) is 6.60. The lowest BCUT2D eigenvalue weighted by atomic mass is 10.1. The second kappa shape index (κ2) is 5.83. The summed E-state index contributed by atoms with van der Waals surface area (Å²) in [5.41, 5.74) is 6.95. The van der Waals surface area contributed by atoms with E-state index >= 15 is 0 Å². The third-order valence-corrected chi connectivity index (χ3v) is 4.39. The Balaban J connectivity index is 2.33. The zero-order chi connectivity index (χ0) is 14.8. The number of rotatable bonds is 4. The van der Waals surface area contributed by atoms with Gasteiger partial charge in [-0.1, -0.05) is 29.8 Å². The van der Waals surface area contributed by atoms with Crippen molar-refractivity contribution in [2.24, 2.45) is 5.73 Å². The van der Waals surface area contributed by atoms with E-state index in [-0.39, 0.29) is 10.9 Å². The first kappa shape index (κ1) is 14.8. The molecule has 0 aromatic heterocycles. The van der Waals surface area contributed by atoms with Crippen molar-refractivity contribution in [3.8, 4) is 0 Å². The normalized spacial score (nSPS) is 12.9. The Morgan fingerprint density at radius 1 is 1.15 bits per heavy atom. The van der Waals surface area contributed by atoms with Gasteiger partial charge in [-0.25, -0.2) is 8.42 Å². The van der Waals surface area contributed by atoms with Crippen molar-refractivity contribution < 1.29 is 8.42 Å². The lowest BCUT2D eigenvalue weighted by Gasteiger charge is -2.11. The van der Waals surface area contributed by atoms with E-state index in [9.17, 15) is 8.42 Å². The van der Waals surface area contributed by atoms with Crippen LogP contribution in [0.5, 0.6) is 0 Å². The number of halogens is 1. The van der Waals surface area contributed by atoms with Crippen molar-refractivity contribution in [1.29, 1.82) is 0 Å². The summed E-state index contributed by atoms with van der Waals surface area (Å²) in [6.45, 7) is 1.80. The minimum atomic E-state index is -3.65. The van der Waals surface area contributed by atoms with Crippen LogP contribution in [0, 0.1) is 0 Å². The van der Waals surface area contributed by atoms with Crippen LogP contribution in [0.25, 0.3) is 0 Å². The number of nitrogens with two attached hydrogens (primary N) is 1. The number of anilines is 1. The van der Waals surface area contributed by atoms with Crippen molar-refractivity contribution in [2.45, 2.75) is 17.9 Å². The standard InChI is InChI=1S/C14H15ClN2O2S/c1-10(16)11-4-2-7-14(8-11)20(18,19)17-13-6-3-5-12(15)9-13/h2-10,17H,16H2,1H3. The van der Waals surface area contributed by atoms with Crippen molar-refractivity contribution in [3.05, 3.63) is 59.1 Å². The van der Waals surface area contributed by atoms with Gasteiger partial charge in [0.15, 0.2) is 0 Å². The average Bonchev–Trinajstić information content (AvgIpc) is 2.38. The molecule has 1 atom stereocenters. The highest BCUT2D eigenvalue weighted by molar-refractivity contribution is 7.92. The van der Waals surface area contributed by atoms with Gasteiger partial charge in [0.1, 0.15) is 0 Å². The van der Waals surface area contributed by atoms with Gasteiger partial charge in [0.25, 0.3) is 10.0 Å². The van der Waals surface area contributed by atoms with Crippen molar-refractivity contribution in [2.75, 3.05) is 4.72 Å². The van der Waals surface area contributed by atoms with Crippen LogP contribution in [-0.2, 0) is 10.0 Å². The molecular weight excluding hydrogens is 296 g/mol. The van der Waals surface area contributed by atoms with E-state index in [1.165, 1.54) is 6.07 Å². The van der Waals surface area contributed by atoms with Gasteiger partial charge in [0.2, 0.25) is 0 Å². The molecule has 2 rings (SSSR count). The molecule has 0 aliphatic carbocycles. The maximum Gasteiger partial charge on any atom is 0.261 e. The largest absolute Gasteiger partial charge is 0.324 e. The van der Waals surface area contributed by atoms with Gasteiger partial charge in [-0.2, -0.15) is 0 Å². The van der Waals surface area contributed by atoms with E-state index in [1.54, 1.807) is 49.4 Å². The molecule has 0 saturated carbocycles. The van der Waals surface area contributed by atoms with Gasteiger partial charge >= 0.3 is 0 Å². The quantitative estimate of drug-likeness (QED) is 0.911. The van der Waals surface area contributed by atoms with Crippen LogP contribution in [0.2, 0.25) is 5.02 Å². The molecule has 0 aliphatic rings. The summed E-state index contributed by atoms with van der Waals surface area (Å²) in [6.07, 6.45) is 0. The predicted octanol–water partition coefficient (Wildman–Crippen LogP) is 3.16. The SMILES string of the molecule is CC(N)c1cccc(S(=O)(=O)Nc2cccc(Cl)c2)c1. The number of benzene rings is 2. The van der Waals surface area contributed by atoms with Crippen LogP contribution in [0.1, 0.15) is 18.5 Å². The number of sulfonamides is 1. The molecular formula is C14H15ClN2O2S. The van der Waals surface area contributed by atoms with Crippen LogP contribution in [0.4, 0.5) is 5.69 Å². The van der Waals surface area contributed by atoms with Crippen molar-refractivity contribution in [3.63, 3.8) is 0 Å². The Morgan fingerprint density at radius 2 is 1.85 bits per heavy atom. The fourth-order valence-electron chi connectivity index (χ4n) is 1.73. The molecule has 20 heavy (non-hydrogen) atoms. The fourth-order valence-corrected chi connectivity index (χ4v) is 3.03. The Bertz CT molecular complexity index is 715. The minimum Gasteiger partial charge on any atom is -0.324 e. The Labute approximate surface area is 123 Å². The fraction of sp³-hybridized carbons (Fsp3) is 0.143. The summed E-state index contributed by atoms with van der Waals surface area (Å²) in [5.74, 6) is 0. The van der Waals surface area contributed by atoms with Gasteiger partial charge in [-0.3, -0.25) is 4.72 Å². The van der Waals surface area contributed by atoms with Crippen molar-refractivity contribution in [1.82, 2.24) is 0 Å². The molecule has 0 bridgehead atoms. The first-order valence-electron chi connectivity index (χ1n) is 6.02. The lowest BCUT2D eigenvalue weighted by molar-refractivity contribution is 0.601. The van der Waals surface area contributed by atoms with Crippen LogP contribution >= 0.6 is 11.6 Å². The lowest BCUT2D eigenvalue weighted by Crippen LogP contribution is -2.14. The molecule has 1 unspecified atom stereocenters. The van der Waals surface area contributed by atoms with E-state index in [0.29, 0.717) is 10.7 Å². The summed E-state index contributed by atoms with van der Waals surface area (Å²) < 4.78 is 27.1. The highest BCUT2D eigenvalue weighted by Gasteiger charge is 2.15. The zero-order valence-corrected chi connectivity index (χ0v) is 12.4. The number of hydrogen-bond acceptors (Lipinski definition) is 3. The smallest absolute Gasteiger partial charge is 0.261 e. The first-order valence-corrected chi connectivity index (χ1v) is 7.88. The van der Waals surface area contributed by atoms with Gasteiger partial charge in [0, 0.05) is 11.1 Å². The van der Waals surface area contributed by atoms with Crippen LogP contribution < -0.4 is 10.5 Å². The predicted molar refractivity (Wildman–Crippen MR) is 81.3 cm³/mol. The molecule has 0 aliphatic heterocycles. The monoisotopic (exact) mass is 310 g/mol. The number of nitrogens with one attached hydrogen (secondary N) is 1. The maximum atomic E-state index is 12.3. The molecule has 0 radical (unpaired) electrons. The molecule has 6 heteroatoms. The highest BCUT2D eigenvalue weighted by atomic mass is 35.5. The molecule has 0 saturated heterocycles. The topological polar surface area (TPSA) is 72.2 Å². The van der Waals surface area contributed by atoms with Crippen molar-refractivity contribution >= 4 is 27.3 Å². The zero-order valence-electron chi connectivity index (χ0n) is 10.9. The summed E-state index contributed by atoms with van der Waals surface area (Å²) in [6, 6.07) is 12.9. The Hall–Kier alpha value is -1.56. The summed E-state index contributed by atoms with van der Waals surface area (Å²) in [5, 5.41) is 0.467.